The molecule has 2 bridgehead atoms. The molecule has 3 heterocycles. The molecule has 0 amide bonds. The minimum absolute atomic E-state index is 0.349. The van der Waals surface area contributed by atoms with Gasteiger partial charge in [-0.2, -0.15) is 0 Å². The van der Waals surface area contributed by atoms with Gasteiger partial charge in [0.15, 0.2) is 0 Å². The maximum atomic E-state index is 5.38. The molecule has 3 rings (SSSR count). The molecule has 5 heteroatoms. The van der Waals surface area contributed by atoms with Crippen LogP contribution in [0.4, 0.5) is 0 Å². The second kappa shape index (κ2) is 4.22. The molecule has 0 spiro atoms. The second-order valence-corrected chi connectivity index (χ2v) is 5.76. The first-order valence-corrected chi connectivity index (χ1v) is 6.34. The van der Waals surface area contributed by atoms with E-state index in [4.69, 9.17) is 11.5 Å². The number of nitrogens with zero attached hydrogens (tertiary/aromatic N) is 2. The summed E-state index contributed by atoms with van der Waals surface area (Å²) < 4.78 is 2.64. The van der Waals surface area contributed by atoms with Crippen LogP contribution >= 0.6 is 0 Å². The van der Waals surface area contributed by atoms with E-state index in [-0.39, 0.29) is 0 Å². The van der Waals surface area contributed by atoms with Crippen LogP contribution in [0, 0.1) is 0 Å². The average molecular weight is 228 g/mol. The molecule has 3 aliphatic rings. The normalized spacial score (nSPS) is 37.3. The van der Waals surface area contributed by atoms with Gasteiger partial charge in [0, 0.05) is 6.42 Å². The molecule has 5 N–H and O–H groups in total. The number of fused-ring (bicyclic) bond motifs is 3. The van der Waals surface area contributed by atoms with E-state index in [9.17, 15) is 0 Å². The topological polar surface area (TPSA) is 66.0 Å². The number of hydrogen-bond donors (Lipinski definition) is 3. The fraction of sp³-hybridized carbons (Fsp3) is 0.909. The molecule has 0 aromatic rings. The number of likely N-dealkylation sites (N-methyl/N-ethyl adjacent to an activating group) is 1. The lowest BCUT2D eigenvalue weighted by Gasteiger charge is -2.54. The van der Waals surface area contributed by atoms with E-state index in [2.05, 4.69) is 12.0 Å². The molecule has 16 heavy (non-hydrogen) atoms. The van der Waals surface area contributed by atoms with Crippen molar-refractivity contribution in [1.29, 1.82) is 0 Å². The van der Waals surface area contributed by atoms with E-state index < -0.39 is 0 Å². The summed E-state index contributed by atoms with van der Waals surface area (Å²) in [4.78, 5) is 3.00. The minimum atomic E-state index is 0.349. The lowest BCUT2D eigenvalue weighted by atomic mass is 10.1. The highest BCUT2D eigenvalue weighted by molar-refractivity contribution is 5.69. The Morgan fingerprint density at radius 2 is 1.62 bits per heavy atom. The third-order valence-electron chi connectivity index (χ3n) is 4.48. The molecule has 0 aromatic carbocycles. The smallest absolute Gasteiger partial charge is 0.312 e. The first kappa shape index (κ1) is 11.7. The molecule has 3 saturated heterocycles. The van der Waals surface area contributed by atoms with Gasteiger partial charge in [-0.1, -0.05) is 0 Å². The summed E-state index contributed by atoms with van der Waals surface area (Å²) in [5.74, 6) is 0.349. The Morgan fingerprint density at radius 3 is 2.12 bits per heavy atom. The molecule has 0 unspecified atom stereocenters. The van der Waals surface area contributed by atoms with Crippen LogP contribution in [0.25, 0.3) is 0 Å². The third-order valence-corrected chi connectivity index (χ3v) is 4.48. The lowest BCUT2D eigenvalue weighted by Crippen LogP contribution is -2.79. The average Bonchev–Trinajstić information content (AvgIpc) is 2.27. The van der Waals surface area contributed by atoms with E-state index in [0.29, 0.717) is 5.96 Å². The van der Waals surface area contributed by atoms with Crippen molar-refractivity contribution >= 4 is 5.96 Å². The number of nitrogens with two attached hydrogens (primary N) is 2. The van der Waals surface area contributed by atoms with Crippen LogP contribution in [0.5, 0.6) is 0 Å². The molecular formula is C11H26N5+3. The number of nitrogens with one attached hydrogen (secondary N) is 1. The Morgan fingerprint density at radius 1 is 1.06 bits per heavy atom. The lowest BCUT2D eigenvalue weighted by molar-refractivity contribution is -1.07. The summed E-state index contributed by atoms with van der Waals surface area (Å²) in [5.41, 5.74) is 10.8. The van der Waals surface area contributed by atoms with Crippen LogP contribution in [0.1, 0.15) is 6.42 Å². The molecule has 5 nitrogen and oxygen atoms in total. The molecule has 0 aromatic heterocycles. The fourth-order valence-corrected chi connectivity index (χ4v) is 3.01. The summed E-state index contributed by atoms with van der Waals surface area (Å²) in [5, 5.41) is 0. The maximum Gasteiger partial charge on any atom is 0.338 e. The summed E-state index contributed by atoms with van der Waals surface area (Å²) in [6.07, 6.45) is 1.17. The van der Waals surface area contributed by atoms with E-state index in [1.807, 2.05) is 0 Å². The number of hydrogen-bond acceptors (Lipinski definition) is 0. The minimum Gasteiger partial charge on any atom is -0.312 e. The number of rotatable bonds is 4. The standard InChI is InChI=1S/C11H25N5/c1-15-5-8-16(9-6-15,10-7-15)4-2-3-14-11(12)13/h2-10H2,1H3,(H4,12,13,14)/q+2/p+1. The van der Waals surface area contributed by atoms with Gasteiger partial charge in [-0.15, -0.1) is 0 Å². The van der Waals surface area contributed by atoms with E-state index in [1.54, 1.807) is 0 Å². The first-order chi connectivity index (χ1) is 7.54. The number of guanidine groups is 1. The molecule has 3 aliphatic heterocycles. The third kappa shape index (κ3) is 2.47. The zero-order valence-electron chi connectivity index (χ0n) is 10.4. The van der Waals surface area contributed by atoms with Gasteiger partial charge in [0.1, 0.15) is 39.3 Å². The SMILES string of the molecule is C[N+]12CC[N+](CCC[NH+]=C(N)N)(CC1)CC2. The Balaban J connectivity index is 1.79. The highest BCUT2D eigenvalue weighted by Crippen LogP contribution is 2.24. The summed E-state index contributed by atoms with van der Waals surface area (Å²) in [7, 11) is 2.40. The van der Waals surface area contributed by atoms with Gasteiger partial charge >= 0.3 is 5.96 Å². The molecule has 0 atom stereocenters. The van der Waals surface area contributed by atoms with Crippen LogP contribution in [-0.2, 0) is 0 Å². The van der Waals surface area contributed by atoms with Gasteiger partial charge in [-0.05, 0) is 0 Å². The first-order valence-electron chi connectivity index (χ1n) is 6.34. The molecule has 0 aliphatic carbocycles. The predicted octanol–water partition coefficient (Wildman–Crippen LogP) is -2.98. The van der Waals surface area contributed by atoms with Gasteiger partial charge < -0.3 is 8.97 Å². The van der Waals surface area contributed by atoms with Crippen molar-refractivity contribution in [2.45, 2.75) is 6.42 Å². The van der Waals surface area contributed by atoms with Crippen molar-refractivity contribution in [3.05, 3.63) is 0 Å². The monoisotopic (exact) mass is 228 g/mol. The van der Waals surface area contributed by atoms with Gasteiger partial charge in [0.05, 0.1) is 20.1 Å². The molecule has 0 saturated carbocycles. The van der Waals surface area contributed by atoms with Crippen LogP contribution in [0.3, 0.4) is 0 Å². The van der Waals surface area contributed by atoms with E-state index in [1.165, 1.54) is 61.2 Å². The van der Waals surface area contributed by atoms with Crippen LogP contribution in [0.2, 0.25) is 0 Å². The molecule has 3 fully saturated rings. The van der Waals surface area contributed by atoms with E-state index in [0.717, 1.165) is 6.54 Å². The highest BCUT2D eigenvalue weighted by atomic mass is 15.5. The van der Waals surface area contributed by atoms with E-state index >= 15 is 0 Å². The Hall–Kier alpha value is -0.810. The van der Waals surface area contributed by atoms with Gasteiger partial charge in [0.25, 0.3) is 0 Å². The second-order valence-electron chi connectivity index (χ2n) is 5.76. The molecule has 92 valence electrons. The molecule has 0 radical (unpaired) electrons. The number of quaternary nitrogens is 2. The van der Waals surface area contributed by atoms with Crippen LogP contribution in [-0.4, -0.2) is 74.3 Å². The Kier molecular flexibility index (Phi) is 3.08. The quantitative estimate of drug-likeness (QED) is 0.208. The van der Waals surface area contributed by atoms with Crippen molar-refractivity contribution in [2.24, 2.45) is 11.5 Å². The van der Waals surface area contributed by atoms with Crippen LogP contribution < -0.4 is 16.5 Å². The fourth-order valence-electron chi connectivity index (χ4n) is 3.01. The van der Waals surface area contributed by atoms with Gasteiger partial charge in [-0.25, -0.2) is 0 Å². The summed E-state index contributed by atoms with van der Waals surface area (Å²) >= 11 is 0. The predicted molar refractivity (Wildman–Crippen MR) is 64.3 cm³/mol. The van der Waals surface area contributed by atoms with Crippen LogP contribution in [0.15, 0.2) is 0 Å². The Bertz CT molecular complexity index is 258. The van der Waals surface area contributed by atoms with Gasteiger partial charge in [-0.3, -0.25) is 16.5 Å². The zero-order valence-corrected chi connectivity index (χ0v) is 10.4. The van der Waals surface area contributed by atoms with Crippen molar-refractivity contribution in [2.75, 3.05) is 59.4 Å². The summed E-state index contributed by atoms with van der Waals surface area (Å²) in [6.45, 7) is 10.3. The van der Waals surface area contributed by atoms with Crippen molar-refractivity contribution in [3.8, 4) is 0 Å². The van der Waals surface area contributed by atoms with Gasteiger partial charge in [0.2, 0.25) is 0 Å². The highest BCUT2D eigenvalue weighted by Gasteiger charge is 2.46. The number of piperazine rings is 3. The summed E-state index contributed by atoms with van der Waals surface area (Å²) in [6, 6.07) is 0. The Labute approximate surface area is 97.9 Å². The van der Waals surface area contributed by atoms with Crippen molar-refractivity contribution in [1.82, 2.24) is 0 Å². The maximum absolute atomic E-state index is 5.38. The van der Waals surface area contributed by atoms with Crippen molar-refractivity contribution < 1.29 is 14.0 Å². The molecular weight excluding hydrogens is 202 g/mol. The van der Waals surface area contributed by atoms with Crippen molar-refractivity contribution in [3.63, 3.8) is 0 Å². The zero-order chi connectivity index (χ0) is 11.6. The largest absolute Gasteiger partial charge is 0.338 e.